The second kappa shape index (κ2) is 3.84. The minimum Gasteiger partial charge on any atom is -0.297 e. The van der Waals surface area contributed by atoms with E-state index in [1.54, 1.807) is 6.42 Å². The van der Waals surface area contributed by atoms with Crippen molar-refractivity contribution in [1.82, 2.24) is 4.90 Å². The zero-order chi connectivity index (χ0) is 9.38. The number of piperidine rings is 2. The van der Waals surface area contributed by atoms with Crippen molar-refractivity contribution in [2.45, 2.75) is 69.9 Å². The predicted molar refractivity (Wildman–Crippen MR) is 59.3 cm³/mol. The van der Waals surface area contributed by atoms with E-state index in [1.807, 2.05) is 0 Å². The lowest BCUT2D eigenvalue weighted by Gasteiger charge is -2.50. The van der Waals surface area contributed by atoms with Gasteiger partial charge in [-0.3, -0.25) is 4.90 Å². The summed E-state index contributed by atoms with van der Waals surface area (Å²) in [6.07, 6.45) is 13.6. The maximum absolute atomic E-state index is 2.90. The molecule has 2 heterocycles. The van der Waals surface area contributed by atoms with Gasteiger partial charge < -0.3 is 0 Å². The molecule has 14 heavy (non-hydrogen) atoms. The first kappa shape index (κ1) is 9.21. The highest BCUT2D eigenvalue weighted by Crippen LogP contribution is 2.40. The monoisotopic (exact) mass is 193 g/mol. The Balaban J connectivity index is 1.74. The Morgan fingerprint density at radius 3 is 2.57 bits per heavy atom. The number of nitrogens with zero attached hydrogens (tertiary/aromatic N) is 1. The van der Waals surface area contributed by atoms with Crippen LogP contribution in [0.3, 0.4) is 0 Å². The topological polar surface area (TPSA) is 3.24 Å². The highest BCUT2D eigenvalue weighted by Gasteiger charge is 2.38. The summed E-state index contributed by atoms with van der Waals surface area (Å²) in [5, 5.41) is 0. The fourth-order valence-corrected chi connectivity index (χ4v) is 4.14. The summed E-state index contributed by atoms with van der Waals surface area (Å²) in [5.41, 5.74) is 0. The standard InChI is InChI=1S/C13H23N/c1-2-7-13-11(5-1)8-9-12-6-3-4-10-14(12)13/h11-13H,1-10H2/t11-,12-,13-/m0/s1. The molecule has 1 heteroatoms. The van der Waals surface area contributed by atoms with Crippen LogP contribution in [0.25, 0.3) is 0 Å². The molecule has 80 valence electrons. The van der Waals surface area contributed by atoms with E-state index in [-0.39, 0.29) is 0 Å². The summed E-state index contributed by atoms with van der Waals surface area (Å²) >= 11 is 0. The van der Waals surface area contributed by atoms with Gasteiger partial charge in [-0.25, -0.2) is 0 Å². The van der Waals surface area contributed by atoms with E-state index in [4.69, 9.17) is 0 Å². The Morgan fingerprint density at radius 1 is 0.714 bits per heavy atom. The molecule has 0 aromatic heterocycles. The van der Waals surface area contributed by atoms with E-state index in [1.165, 1.54) is 57.9 Å². The van der Waals surface area contributed by atoms with Crippen LogP contribution in [0, 0.1) is 5.92 Å². The summed E-state index contributed by atoms with van der Waals surface area (Å²) in [6.45, 7) is 1.42. The van der Waals surface area contributed by atoms with Crippen molar-refractivity contribution in [1.29, 1.82) is 0 Å². The number of rotatable bonds is 0. The predicted octanol–water partition coefficient (Wildman–Crippen LogP) is 3.19. The van der Waals surface area contributed by atoms with Gasteiger partial charge in [0.2, 0.25) is 0 Å². The van der Waals surface area contributed by atoms with Crippen LogP contribution in [-0.2, 0) is 0 Å². The van der Waals surface area contributed by atoms with Gasteiger partial charge in [-0.2, -0.15) is 0 Å². The molecule has 3 fully saturated rings. The van der Waals surface area contributed by atoms with Crippen molar-refractivity contribution in [3.63, 3.8) is 0 Å². The molecule has 0 amide bonds. The first-order valence-corrected chi connectivity index (χ1v) is 6.71. The van der Waals surface area contributed by atoms with E-state index in [2.05, 4.69) is 4.90 Å². The number of hydrogen-bond acceptors (Lipinski definition) is 1. The summed E-state index contributed by atoms with van der Waals surface area (Å²) in [5.74, 6) is 1.08. The normalized spacial score (nSPS) is 44.1. The third-order valence-electron chi connectivity index (χ3n) is 4.84. The molecule has 1 nitrogen and oxygen atoms in total. The summed E-state index contributed by atoms with van der Waals surface area (Å²) in [6, 6.07) is 1.99. The molecular weight excluding hydrogens is 170 g/mol. The van der Waals surface area contributed by atoms with Crippen molar-refractivity contribution in [2.24, 2.45) is 5.92 Å². The van der Waals surface area contributed by atoms with Gasteiger partial charge in [0.15, 0.2) is 0 Å². The van der Waals surface area contributed by atoms with Crippen LogP contribution in [0.15, 0.2) is 0 Å². The zero-order valence-corrected chi connectivity index (χ0v) is 9.25. The highest BCUT2D eigenvalue weighted by atomic mass is 15.2. The minimum atomic E-state index is 0.989. The maximum atomic E-state index is 2.90. The summed E-state index contributed by atoms with van der Waals surface area (Å²) < 4.78 is 0. The molecule has 0 N–H and O–H groups in total. The van der Waals surface area contributed by atoms with Crippen molar-refractivity contribution in [3.8, 4) is 0 Å². The number of fused-ring (bicyclic) bond motifs is 3. The van der Waals surface area contributed by atoms with Crippen LogP contribution < -0.4 is 0 Å². The SMILES string of the molecule is C1CC[C@H]2[C@@H](C1)CC[C@@H]1CCCCN12. The lowest BCUT2D eigenvalue weighted by Crippen LogP contribution is -2.53. The summed E-state index contributed by atoms with van der Waals surface area (Å²) in [4.78, 5) is 2.90. The molecule has 0 radical (unpaired) electrons. The van der Waals surface area contributed by atoms with Gasteiger partial charge in [-0.05, 0) is 51.0 Å². The average Bonchev–Trinajstić information content (AvgIpc) is 2.29. The molecule has 1 saturated carbocycles. The molecule has 1 aliphatic carbocycles. The zero-order valence-electron chi connectivity index (χ0n) is 9.25. The van der Waals surface area contributed by atoms with Crippen molar-refractivity contribution in [2.75, 3.05) is 6.54 Å². The molecule has 0 unspecified atom stereocenters. The van der Waals surface area contributed by atoms with E-state index < -0.39 is 0 Å². The Morgan fingerprint density at radius 2 is 1.57 bits per heavy atom. The Hall–Kier alpha value is -0.0400. The van der Waals surface area contributed by atoms with Crippen molar-refractivity contribution < 1.29 is 0 Å². The van der Waals surface area contributed by atoms with Crippen LogP contribution >= 0.6 is 0 Å². The number of hydrogen-bond donors (Lipinski definition) is 0. The first-order valence-electron chi connectivity index (χ1n) is 6.71. The molecule has 0 aromatic carbocycles. The molecular formula is C13H23N. The molecule has 0 bridgehead atoms. The van der Waals surface area contributed by atoms with Crippen LogP contribution in [0.1, 0.15) is 57.8 Å². The quantitative estimate of drug-likeness (QED) is 0.571. The van der Waals surface area contributed by atoms with Gasteiger partial charge in [-0.1, -0.05) is 19.3 Å². The average molecular weight is 193 g/mol. The van der Waals surface area contributed by atoms with Gasteiger partial charge in [0.05, 0.1) is 0 Å². The van der Waals surface area contributed by atoms with E-state index in [0.717, 1.165) is 18.0 Å². The van der Waals surface area contributed by atoms with Crippen molar-refractivity contribution in [3.05, 3.63) is 0 Å². The molecule has 2 aliphatic heterocycles. The Labute approximate surface area is 87.9 Å². The Kier molecular flexibility index (Phi) is 2.53. The third-order valence-corrected chi connectivity index (χ3v) is 4.84. The van der Waals surface area contributed by atoms with Crippen LogP contribution in [-0.4, -0.2) is 23.5 Å². The van der Waals surface area contributed by atoms with Crippen LogP contribution in [0.2, 0.25) is 0 Å². The minimum absolute atomic E-state index is 0.989. The maximum Gasteiger partial charge on any atom is 0.0126 e. The molecule has 3 aliphatic rings. The van der Waals surface area contributed by atoms with E-state index >= 15 is 0 Å². The fourth-order valence-electron chi connectivity index (χ4n) is 4.14. The molecule has 3 rings (SSSR count). The largest absolute Gasteiger partial charge is 0.297 e. The lowest BCUT2D eigenvalue weighted by molar-refractivity contribution is -0.00527. The van der Waals surface area contributed by atoms with Crippen LogP contribution in [0.4, 0.5) is 0 Å². The highest BCUT2D eigenvalue weighted by molar-refractivity contribution is 4.93. The van der Waals surface area contributed by atoms with E-state index in [9.17, 15) is 0 Å². The van der Waals surface area contributed by atoms with Gasteiger partial charge in [0.1, 0.15) is 0 Å². The molecule has 0 aromatic rings. The molecule has 3 atom stereocenters. The van der Waals surface area contributed by atoms with Gasteiger partial charge in [-0.15, -0.1) is 0 Å². The van der Waals surface area contributed by atoms with Crippen LogP contribution in [0.5, 0.6) is 0 Å². The lowest BCUT2D eigenvalue weighted by atomic mass is 9.74. The smallest absolute Gasteiger partial charge is 0.0126 e. The van der Waals surface area contributed by atoms with Crippen molar-refractivity contribution >= 4 is 0 Å². The third kappa shape index (κ3) is 1.50. The second-order valence-corrected chi connectivity index (χ2v) is 5.58. The van der Waals surface area contributed by atoms with Gasteiger partial charge in [0, 0.05) is 12.1 Å². The van der Waals surface area contributed by atoms with E-state index in [0.29, 0.717) is 0 Å². The first-order chi connectivity index (χ1) is 6.95. The molecule has 2 saturated heterocycles. The fraction of sp³-hybridized carbons (Fsp3) is 1.00. The van der Waals surface area contributed by atoms with Gasteiger partial charge in [0.25, 0.3) is 0 Å². The second-order valence-electron chi connectivity index (χ2n) is 5.58. The van der Waals surface area contributed by atoms with Gasteiger partial charge >= 0.3 is 0 Å². The summed E-state index contributed by atoms with van der Waals surface area (Å²) in [7, 11) is 0. The molecule has 0 spiro atoms. The Bertz CT molecular complexity index is 179.